The van der Waals surface area contributed by atoms with E-state index in [9.17, 15) is 18.0 Å². The molecule has 0 saturated carbocycles. The molecule has 1 aliphatic heterocycles. The third kappa shape index (κ3) is 1.64. The van der Waals surface area contributed by atoms with Crippen LogP contribution in [0.4, 0.5) is 13.2 Å². The molecule has 1 amide bonds. The topological polar surface area (TPSA) is 20.3 Å². The molecule has 1 atom stereocenters. The molecule has 0 bridgehead atoms. The van der Waals surface area contributed by atoms with Crippen LogP contribution in [0.1, 0.15) is 12.8 Å². The molecule has 1 saturated heterocycles. The van der Waals surface area contributed by atoms with Gasteiger partial charge in [0.05, 0.1) is 0 Å². The highest BCUT2D eigenvalue weighted by molar-refractivity contribution is 5.48. The van der Waals surface area contributed by atoms with E-state index in [1.165, 1.54) is 0 Å². The zero-order chi connectivity index (χ0) is 8.48. The van der Waals surface area contributed by atoms with E-state index >= 15 is 0 Å². The summed E-state index contributed by atoms with van der Waals surface area (Å²) in [4.78, 5) is 10.9. The third-order valence-corrected chi connectivity index (χ3v) is 1.81. The number of rotatable bonds is 1. The number of nitrogens with zero attached hydrogens (tertiary/aromatic N) is 1. The lowest BCUT2D eigenvalue weighted by Gasteiger charge is -2.22. The van der Waals surface area contributed by atoms with Gasteiger partial charge in [0.25, 0.3) is 0 Å². The van der Waals surface area contributed by atoms with E-state index in [0.29, 0.717) is 6.42 Å². The van der Waals surface area contributed by atoms with E-state index in [1.807, 2.05) is 0 Å². The minimum atomic E-state index is -4.25. The zero-order valence-electron chi connectivity index (χ0n) is 5.77. The quantitative estimate of drug-likeness (QED) is 0.537. The second-order valence-corrected chi connectivity index (χ2v) is 2.54. The van der Waals surface area contributed by atoms with E-state index in [4.69, 9.17) is 0 Å². The number of hydrogen-bond donors (Lipinski definition) is 0. The molecule has 0 aliphatic carbocycles. The van der Waals surface area contributed by atoms with Gasteiger partial charge in [-0.05, 0) is 12.8 Å². The van der Waals surface area contributed by atoms with Crippen molar-refractivity contribution >= 4 is 6.41 Å². The van der Waals surface area contributed by atoms with Crippen LogP contribution >= 0.6 is 0 Å². The van der Waals surface area contributed by atoms with E-state index in [1.54, 1.807) is 0 Å². The molecule has 5 heteroatoms. The van der Waals surface area contributed by atoms with Crippen molar-refractivity contribution in [1.29, 1.82) is 0 Å². The van der Waals surface area contributed by atoms with Gasteiger partial charge < -0.3 is 4.90 Å². The molecule has 1 fully saturated rings. The van der Waals surface area contributed by atoms with Crippen LogP contribution in [-0.4, -0.2) is 30.1 Å². The lowest BCUT2D eigenvalue weighted by Crippen LogP contribution is -2.40. The Balaban J connectivity index is 2.63. The van der Waals surface area contributed by atoms with E-state index in [2.05, 4.69) is 0 Å². The monoisotopic (exact) mass is 167 g/mol. The Morgan fingerprint density at radius 3 is 2.45 bits per heavy atom. The molecule has 1 heterocycles. The Labute approximate surface area is 62.0 Å². The maximum absolute atomic E-state index is 12.0. The van der Waals surface area contributed by atoms with Crippen molar-refractivity contribution < 1.29 is 18.0 Å². The molecule has 2 nitrogen and oxygen atoms in total. The van der Waals surface area contributed by atoms with Gasteiger partial charge in [0, 0.05) is 6.54 Å². The van der Waals surface area contributed by atoms with Crippen molar-refractivity contribution in [2.45, 2.75) is 25.1 Å². The summed E-state index contributed by atoms with van der Waals surface area (Å²) in [6.07, 6.45) is -3.49. The highest BCUT2D eigenvalue weighted by Crippen LogP contribution is 2.31. The van der Waals surface area contributed by atoms with Gasteiger partial charge in [-0.3, -0.25) is 4.79 Å². The van der Waals surface area contributed by atoms with Crippen LogP contribution < -0.4 is 0 Å². The van der Waals surface area contributed by atoms with Crippen LogP contribution in [0.15, 0.2) is 0 Å². The maximum atomic E-state index is 12.0. The number of halogens is 3. The number of alkyl halides is 3. The zero-order valence-corrected chi connectivity index (χ0v) is 5.77. The Morgan fingerprint density at radius 2 is 2.09 bits per heavy atom. The summed E-state index contributed by atoms with van der Waals surface area (Å²) in [6.45, 7) is 0.230. The first-order valence-electron chi connectivity index (χ1n) is 3.33. The van der Waals surface area contributed by atoms with E-state index in [-0.39, 0.29) is 19.4 Å². The van der Waals surface area contributed by atoms with Gasteiger partial charge in [0.15, 0.2) is 0 Å². The lowest BCUT2D eigenvalue weighted by molar-refractivity contribution is -0.177. The smallest absolute Gasteiger partial charge is 0.333 e. The predicted molar refractivity (Wildman–Crippen MR) is 31.8 cm³/mol. The number of amides is 1. The van der Waals surface area contributed by atoms with Crippen molar-refractivity contribution in [3.05, 3.63) is 0 Å². The van der Waals surface area contributed by atoms with Crippen molar-refractivity contribution in [2.75, 3.05) is 6.54 Å². The van der Waals surface area contributed by atoms with Crippen LogP contribution in [0.3, 0.4) is 0 Å². The van der Waals surface area contributed by atoms with Crippen LogP contribution in [-0.2, 0) is 4.79 Å². The second kappa shape index (κ2) is 2.71. The molecule has 0 spiro atoms. The van der Waals surface area contributed by atoms with E-state index in [0.717, 1.165) is 4.90 Å². The molecule has 11 heavy (non-hydrogen) atoms. The van der Waals surface area contributed by atoms with Crippen LogP contribution in [0.2, 0.25) is 0 Å². The van der Waals surface area contributed by atoms with Crippen molar-refractivity contribution in [1.82, 2.24) is 4.90 Å². The number of carbonyl (C=O) groups excluding carboxylic acids is 1. The third-order valence-electron chi connectivity index (χ3n) is 1.81. The fraction of sp³-hybridized carbons (Fsp3) is 0.833. The summed E-state index contributed by atoms with van der Waals surface area (Å²) in [5.41, 5.74) is 0. The lowest BCUT2D eigenvalue weighted by atomic mass is 10.2. The molecule has 64 valence electrons. The molecule has 1 aliphatic rings. The number of carbonyl (C=O) groups is 1. The first-order valence-corrected chi connectivity index (χ1v) is 3.33. The first kappa shape index (κ1) is 8.36. The maximum Gasteiger partial charge on any atom is 0.408 e. The SMILES string of the molecule is O=CN1CCCC1C(F)(F)F. The predicted octanol–water partition coefficient (Wildman–Crippen LogP) is 1.17. The Hall–Kier alpha value is -0.740. The van der Waals surface area contributed by atoms with Crippen molar-refractivity contribution in [2.24, 2.45) is 0 Å². The van der Waals surface area contributed by atoms with Gasteiger partial charge in [-0.25, -0.2) is 0 Å². The molecular weight excluding hydrogens is 159 g/mol. The van der Waals surface area contributed by atoms with Crippen LogP contribution in [0.25, 0.3) is 0 Å². The summed E-state index contributed by atoms with van der Waals surface area (Å²) in [5.74, 6) is 0. The minimum Gasteiger partial charge on any atom is -0.333 e. The van der Waals surface area contributed by atoms with Gasteiger partial charge in [-0.1, -0.05) is 0 Å². The highest BCUT2D eigenvalue weighted by atomic mass is 19.4. The van der Waals surface area contributed by atoms with E-state index < -0.39 is 12.2 Å². The molecule has 0 aromatic heterocycles. The Kier molecular flexibility index (Phi) is 2.06. The number of likely N-dealkylation sites (tertiary alicyclic amines) is 1. The van der Waals surface area contributed by atoms with Gasteiger partial charge in [0.1, 0.15) is 6.04 Å². The summed E-state index contributed by atoms with van der Waals surface area (Å²) in [7, 11) is 0. The van der Waals surface area contributed by atoms with Gasteiger partial charge >= 0.3 is 6.18 Å². The van der Waals surface area contributed by atoms with Gasteiger partial charge in [0.2, 0.25) is 6.41 Å². The summed E-state index contributed by atoms with van der Waals surface area (Å²) in [5, 5.41) is 0. The van der Waals surface area contributed by atoms with Crippen molar-refractivity contribution in [3.63, 3.8) is 0 Å². The average molecular weight is 167 g/mol. The van der Waals surface area contributed by atoms with Gasteiger partial charge in [-0.15, -0.1) is 0 Å². The second-order valence-electron chi connectivity index (χ2n) is 2.54. The Bertz CT molecular complexity index is 156. The summed E-state index contributed by atoms with van der Waals surface area (Å²) in [6, 6.07) is -1.54. The standard InChI is InChI=1S/C6H8F3NO/c7-6(8,9)5-2-1-3-10(5)4-11/h4-5H,1-3H2. The molecular formula is C6H8F3NO. The summed E-state index contributed by atoms with van der Waals surface area (Å²) >= 11 is 0. The molecule has 0 aromatic carbocycles. The fourth-order valence-electron chi connectivity index (χ4n) is 1.27. The molecule has 0 N–H and O–H groups in total. The average Bonchev–Trinajstić information content (AvgIpc) is 2.31. The molecule has 1 rings (SSSR count). The molecule has 0 radical (unpaired) electrons. The van der Waals surface area contributed by atoms with Crippen LogP contribution in [0.5, 0.6) is 0 Å². The normalized spacial score (nSPS) is 25.7. The highest BCUT2D eigenvalue weighted by Gasteiger charge is 2.45. The van der Waals surface area contributed by atoms with Crippen molar-refractivity contribution in [3.8, 4) is 0 Å². The molecule has 1 unspecified atom stereocenters. The minimum absolute atomic E-state index is 0.0439. The summed E-state index contributed by atoms with van der Waals surface area (Å²) < 4.78 is 36.0. The molecule has 0 aromatic rings. The largest absolute Gasteiger partial charge is 0.408 e. The first-order chi connectivity index (χ1) is 5.05. The van der Waals surface area contributed by atoms with Crippen LogP contribution in [0, 0.1) is 0 Å². The Morgan fingerprint density at radius 1 is 1.45 bits per heavy atom. The number of hydrogen-bond acceptors (Lipinski definition) is 1. The fourth-order valence-corrected chi connectivity index (χ4v) is 1.27. The van der Waals surface area contributed by atoms with Gasteiger partial charge in [-0.2, -0.15) is 13.2 Å².